The molecule has 2 aliphatic rings. The summed E-state index contributed by atoms with van der Waals surface area (Å²) in [6.45, 7) is 3.43. The van der Waals surface area contributed by atoms with Gasteiger partial charge in [0.15, 0.2) is 0 Å². The van der Waals surface area contributed by atoms with Crippen LogP contribution < -0.4 is 5.32 Å². The van der Waals surface area contributed by atoms with Crippen molar-refractivity contribution < 1.29 is 9.90 Å². The normalized spacial score (nSPS) is 17.9. The van der Waals surface area contributed by atoms with Crippen molar-refractivity contribution in [3.05, 3.63) is 51.9 Å². The van der Waals surface area contributed by atoms with Gasteiger partial charge in [0.25, 0.3) is 0 Å². The molecule has 1 aromatic carbocycles. The number of hydrogen-bond acceptors (Lipinski definition) is 5. The highest BCUT2D eigenvalue weighted by atomic mass is 32.1. The van der Waals surface area contributed by atoms with Gasteiger partial charge in [-0.05, 0) is 67.9 Å². The second-order valence-electron chi connectivity index (χ2n) is 8.07. The fraction of sp³-hybridized carbons (Fsp3) is 0.417. The molecule has 1 atom stereocenters. The highest BCUT2D eigenvalue weighted by Gasteiger charge is 2.26. The van der Waals surface area contributed by atoms with Gasteiger partial charge in [-0.25, -0.2) is 0 Å². The van der Waals surface area contributed by atoms with E-state index in [4.69, 9.17) is 0 Å². The van der Waals surface area contributed by atoms with E-state index in [0.29, 0.717) is 12.1 Å². The number of carbonyl (C=O) groups excluding carboxylic acids is 1. The SMILES string of the molecule is CC(C(=O)Nc1sc2c(c1C#N)CCCCC2)N1CC=C(c2ccc(O)cc2)CC1. The third-order valence-corrected chi connectivity index (χ3v) is 7.38. The van der Waals surface area contributed by atoms with E-state index in [1.807, 2.05) is 19.1 Å². The molecule has 0 radical (unpaired) electrons. The minimum Gasteiger partial charge on any atom is -0.508 e. The Morgan fingerprint density at radius 2 is 1.97 bits per heavy atom. The number of nitriles is 1. The number of rotatable bonds is 4. The Balaban J connectivity index is 1.42. The summed E-state index contributed by atoms with van der Waals surface area (Å²) in [5, 5.41) is 22.9. The summed E-state index contributed by atoms with van der Waals surface area (Å²) in [7, 11) is 0. The fourth-order valence-electron chi connectivity index (χ4n) is 4.31. The van der Waals surface area contributed by atoms with Crippen molar-refractivity contribution in [2.24, 2.45) is 0 Å². The molecule has 0 saturated heterocycles. The molecule has 4 rings (SSSR count). The highest BCUT2D eigenvalue weighted by molar-refractivity contribution is 7.16. The molecule has 1 aliphatic carbocycles. The Morgan fingerprint density at radius 1 is 1.20 bits per heavy atom. The second kappa shape index (κ2) is 9.03. The van der Waals surface area contributed by atoms with Crippen LogP contribution in [-0.4, -0.2) is 35.0 Å². The van der Waals surface area contributed by atoms with E-state index in [-0.39, 0.29) is 17.7 Å². The van der Waals surface area contributed by atoms with Gasteiger partial charge >= 0.3 is 0 Å². The molecule has 30 heavy (non-hydrogen) atoms. The lowest BCUT2D eigenvalue weighted by Gasteiger charge is -2.31. The predicted molar refractivity (Wildman–Crippen MR) is 121 cm³/mol. The summed E-state index contributed by atoms with van der Waals surface area (Å²) in [5.41, 5.74) is 4.18. The quantitative estimate of drug-likeness (QED) is 0.701. The van der Waals surface area contributed by atoms with Crippen LogP contribution in [0, 0.1) is 11.3 Å². The molecule has 0 fully saturated rings. The summed E-state index contributed by atoms with van der Waals surface area (Å²) in [4.78, 5) is 16.4. The number of aryl methyl sites for hydroxylation is 1. The molecule has 2 heterocycles. The van der Waals surface area contributed by atoms with Gasteiger partial charge in [-0.3, -0.25) is 9.69 Å². The Bertz CT molecular complexity index is 1000. The van der Waals surface area contributed by atoms with Crippen molar-refractivity contribution in [2.45, 2.75) is 51.5 Å². The summed E-state index contributed by atoms with van der Waals surface area (Å²) in [6.07, 6.45) is 8.46. The average molecular weight is 422 g/mol. The minimum atomic E-state index is -0.268. The zero-order valence-corrected chi connectivity index (χ0v) is 18.1. The maximum atomic E-state index is 12.9. The van der Waals surface area contributed by atoms with E-state index in [1.165, 1.54) is 16.9 Å². The van der Waals surface area contributed by atoms with E-state index in [1.54, 1.807) is 23.5 Å². The number of hydrogen-bond donors (Lipinski definition) is 2. The second-order valence-corrected chi connectivity index (χ2v) is 9.17. The number of carbonyl (C=O) groups is 1. The molecule has 2 aromatic rings. The van der Waals surface area contributed by atoms with Crippen LogP contribution in [0.15, 0.2) is 30.3 Å². The first-order valence-electron chi connectivity index (χ1n) is 10.6. The first kappa shape index (κ1) is 20.6. The standard InChI is InChI=1S/C24H27N3O2S/c1-16(27-13-11-18(12-14-27)17-7-9-19(28)10-8-17)23(29)26-24-21(15-25)20-5-3-2-4-6-22(20)30-24/h7-11,16,28H,2-6,12-14H2,1H3,(H,26,29). The number of aromatic hydroxyl groups is 1. The van der Waals surface area contributed by atoms with E-state index in [9.17, 15) is 15.2 Å². The van der Waals surface area contributed by atoms with Crippen LogP contribution in [0.2, 0.25) is 0 Å². The number of phenols is 1. The smallest absolute Gasteiger partial charge is 0.242 e. The minimum absolute atomic E-state index is 0.0515. The lowest BCUT2D eigenvalue weighted by atomic mass is 9.98. The van der Waals surface area contributed by atoms with Crippen molar-refractivity contribution in [3.8, 4) is 11.8 Å². The van der Waals surface area contributed by atoms with Gasteiger partial charge in [-0.1, -0.05) is 24.6 Å². The Labute approximate surface area is 181 Å². The molecule has 6 heteroatoms. The fourth-order valence-corrected chi connectivity index (χ4v) is 5.55. The number of thiophene rings is 1. The van der Waals surface area contributed by atoms with Crippen molar-refractivity contribution in [3.63, 3.8) is 0 Å². The Kier molecular flexibility index (Phi) is 6.21. The molecule has 5 nitrogen and oxygen atoms in total. The molecule has 0 saturated carbocycles. The van der Waals surface area contributed by atoms with Crippen molar-refractivity contribution in [2.75, 3.05) is 18.4 Å². The zero-order valence-electron chi connectivity index (χ0n) is 17.3. The molecule has 1 aliphatic heterocycles. The van der Waals surface area contributed by atoms with Crippen molar-refractivity contribution in [1.82, 2.24) is 4.90 Å². The molecule has 156 valence electrons. The topological polar surface area (TPSA) is 76.4 Å². The summed E-state index contributed by atoms with van der Waals surface area (Å²) < 4.78 is 0. The number of benzene rings is 1. The molecule has 2 N–H and O–H groups in total. The van der Waals surface area contributed by atoms with Gasteiger partial charge in [0.1, 0.15) is 16.8 Å². The predicted octanol–water partition coefficient (Wildman–Crippen LogP) is 4.71. The van der Waals surface area contributed by atoms with Crippen molar-refractivity contribution in [1.29, 1.82) is 5.26 Å². The Hall–Kier alpha value is -2.62. The van der Waals surface area contributed by atoms with Crippen molar-refractivity contribution >= 4 is 27.8 Å². The van der Waals surface area contributed by atoms with E-state index in [0.717, 1.165) is 54.8 Å². The van der Waals surface area contributed by atoms with Gasteiger partial charge in [-0.15, -0.1) is 11.3 Å². The number of nitrogens with zero attached hydrogens (tertiary/aromatic N) is 2. The third kappa shape index (κ3) is 4.28. The largest absolute Gasteiger partial charge is 0.508 e. The monoisotopic (exact) mass is 421 g/mol. The molecule has 1 unspecified atom stereocenters. The molecular weight excluding hydrogens is 394 g/mol. The van der Waals surface area contributed by atoms with Gasteiger partial charge in [0.2, 0.25) is 5.91 Å². The number of anilines is 1. The van der Waals surface area contributed by atoms with E-state index in [2.05, 4.69) is 22.4 Å². The summed E-state index contributed by atoms with van der Waals surface area (Å²) in [5.74, 6) is 0.217. The number of fused-ring (bicyclic) bond motifs is 1. The van der Waals surface area contributed by atoms with Gasteiger partial charge < -0.3 is 10.4 Å². The average Bonchev–Trinajstić information content (AvgIpc) is 2.92. The number of nitrogens with one attached hydrogen (secondary N) is 1. The molecule has 0 spiro atoms. The van der Waals surface area contributed by atoms with Crippen LogP contribution in [0.25, 0.3) is 5.57 Å². The molecule has 1 amide bonds. The first-order valence-corrected chi connectivity index (χ1v) is 11.5. The highest BCUT2D eigenvalue weighted by Crippen LogP contribution is 2.37. The Morgan fingerprint density at radius 3 is 2.67 bits per heavy atom. The molecular formula is C24H27N3O2S. The van der Waals surface area contributed by atoms with Crippen LogP contribution in [0.4, 0.5) is 5.00 Å². The first-order chi connectivity index (χ1) is 14.6. The summed E-state index contributed by atoms with van der Waals surface area (Å²) >= 11 is 1.59. The lowest BCUT2D eigenvalue weighted by molar-refractivity contribution is -0.120. The van der Waals surface area contributed by atoms with E-state index >= 15 is 0 Å². The van der Waals surface area contributed by atoms with Crippen LogP contribution in [-0.2, 0) is 17.6 Å². The number of amides is 1. The molecule has 1 aromatic heterocycles. The maximum absolute atomic E-state index is 12.9. The van der Waals surface area contributed by atoms with Gasteiger partial charge in [0, 0.05) is 18.0 Å². The van der Waals surface area contributed by atoms with Crippen LogP contribution in [0.5, 0.6) is 5.75 Å². The van der Waals surface area contributed by atoms with Crippen LogP contribution in [0.1, 0.15) is 54.2 Å². The zero-order chi connectivity index (χ0) is 21.1. The molecule has 0 bridgehead atoms. The number of phenolic OH excluding ortho intramolecular Hbond substituents is 1. The van der Waals surface area contributed by atoms with Crippen LogP contribution >= 0.6 is 11.3 Å². The summed E-state index contributed by atoms with van der Waals surface area (Å²) in [6, 6.07) is 9.33. The van der Waals surface area contributed by atoms with E-state index < -0.39 is 0 Å². The van der Waals surface area contributed by atoms with Gasteiger partial charge in [-0.2, -0.15) is 5.26 Å². The third-order valence-electron chi connectivity index (χ3n) is 6.18. The van der Waals surface area contributed by atoms with Gasteiger partial charge in [0.05, 0.1) is 11.6 Å². The van der Waals surface area contributed by atoms with Crippen LogP contribution in [0.3, 0.4) is 0 Å². The lowest BCUT2D eigenvalue weighted by Crippen LogP contribution is -2.44. The maximum Gasteiger partial charge on any atom is 0.242 e.